The van der Waals surface area contributed by atoms with Crippen LogP contribution in [0.3, 0.4) is 0 Å². The van der Waals surface area contributed by atoms with Crippen molar-refractivity contribution in [1.29, 1.82) is 0 Å². The minimum Gasteiger partial charge on any atom is -0.493 e. The average Bonchev–Trinajstić information content (AvgIpc) is 2.81. The van der Waals surface area contributed by atoms with E-state index in [0.29, 0.717) is 18.1 Å². The number of methoxy groups -OCH3 is 3. The third kappa shape index (κ3) is 6.40. The lowest BCUT2D eigenvalue weighted by Crippen LogP contribution is -2.17. The molecule has 5 nitrogen and oxygen atoms in total. The van der Waals surface area contributed by atoms with Crippen molar-refractivity contribution < 1.29 is 18.9 Å². The molecule has 0 bridgehead atoms. The second-order valence-corrected chi connectivity index (χ2v) is 8.35. The molecule has 0 saturated carbocycles. The summed E-state index contributed by atoms with van der Waals surface area (Å²) >= 11 is 3.64. The van der Waals surface area contributed by atoms with Gasteiger partial charge in [-0.2, -0.15) is 0 Å². The molecule has 0 spiro atoms. The van der Waals surface area contributed by atoms with Crippen LogP contribution in [0, 0.1) is 6.92 Å². The molecule has 0 amide bonds. The maximum Gasteiger partial charge on any atom is 0.175 e. The van der Waals surface area contributed by atoms with Gasteiger partial charge in [-0.05, 0) is 76.8 Å². The maximum absolute atomic E-state index is 6.05. The van der Waals surface area contributed by atoms with Crippen molar-refractivity contribution in [2.75, 3.05) is 27.9 Å². The van der Waals surface area contributed by atoms with Gasteiger partial charge in [0.15, 0.2) is 23.0 Å². The van der Waals surface area contributed by atoms with E-state index in [1.54, 1.807) is 21.3 Å². The Balaban J connectivity index is 1.56. The minimum atomic E-state index is 0.484. The topological polar surface area (TPSA) is 49.0 Å². The van der Waals surface area contributed by atoms with Crippen LogP contribution in [-0.4, -0.2) is 27.9 Å². The predicted molar refractivity (Wildman–Crippen MR) is 131 cm³/mol. The van der Waals surface area contributed by atoms with Crippen molar-refractivity contribution in [1.82, 2.24) is 5.32 Å². The highest BCUT2D eigenvalue weighted by atomic mass is 79.9. The highest BCUT2D eigenvalue weighted by molar-refractivity contribution is 9.10. The molecule has 32 heavy (non-hydrogen) atoms. The molecule has 1 N–H and O–H groups in total. The van der Waals surface area contributed by atoms with Crippen molar-refractivity contribution in [3.05, 3.63) is 81.3 Å². The Kier molecular flexibility index (Phi) is 8.82. The Morgan fingerprint density at radius 3 is 2.09 bits per heavy atom. The number of hydrogen-bond acceptors (Lipinski definition) is 5. The first-order valence-corrected chi connectivity index (χ1v) is 11.3. The van der Waals surface area contributed by atoms with Gasteiger partial charge < -0.3 is 24.3 Å². The van der Waals surface area contributed by atoms with Crippen LogP contribution in [0.15, 0.2) is 59.1 Å². The Morgan fingerprint density at radius 2 is 1.41 bits per heavy atom. The molecule has 0 aliphatic carbocycles. The first-order valence-electron chi connectivity index (χ1n) is 10.5. The van der Waals surface area contributed by atoms with E-state index in [2.05, 4.69) is 64.6 Å². The van der Waals surface area contributed by atoms with Gasteiger partial charge in [-0.1, -0.05) is 35.9 Å². The Bertz CT molecular complexity index is 1020. The molecule has 0 saturated heterocycles. The maximum atomic E-state index is 6.05. The van der Waals surface area contributed by atoms with Gasteiger partial charge in [0.2, 0.25) is 0 Å². The molecule has 0 atom stereocenters. The molecule has 6 heteroatoms. The number of aryl methyl sites for hydroxylation is 1. The summed E-state index contributed by atoms with van der Waals surface area (Å²) in [5.74, 6) is 2.91. The minimum absolute atomic E-state index is 0.484. The predicted octanol–water partition coefficient (Wildman–Crippen LogP) is 5.69. The Morgan fingerprint density at radius 1 is 0.750 bits per heavy atom. The molecule has 3 aromatic rings. The summed E-state index contributed by atoms with van der Waals surface area (Å²) in [5.41, 5.74) is 4.65. The van der Waals surface area contributed by atoms with Crippen LogP contribution in [0.5, 0.6) is 23.0 Å². The van der Waals surface area contributed by atoms with E-state index in [9.17, 15) is 0 Å². The zero-order chi connectivity index (χ0) is 22.9. The normalized spacial score (nSPS) is 10.7. The number of halogens is 1. The molecule has 0 aliphatic heterocycles. The van der Waals surface area contributed by atoms with Gasteiger partial charge in [0, 0.05) is 6.54 Å². The van der Waals surface area contributed by atoms with Crippen LogP contribution in [0.2, 0.25) is 0 Å². The summed E-state index contributed by atoms with van der Waals surface area (Å²) < 4.78 is 23.2. The van der Waals surface area contributed by atoms with Crippen LogP contribution >= 0.6 is 15.9 Å². The summed E-state index contributed by atoms with van der Waals surface area (Å²) in [5, 5.41) is 3.49. The number of rotatable bonds is 11. The molecular weight excluding hydrogens is 470 g/mol. The molecular formula is C26H30BrNO4. The third-order valence-electron chi connectivity index (χ3n) is 5.16. The van der Waals surface area contributed by atoms with Crippen molar-refractivity contribution in [3.8, 4) is 23.0 Å². The van der Waals surface area contributed by atoms with Crippen LogP contribution in [-0.2, 0) is 19.6 Å². The van der Waals surface area contributed by atoms with Gasteiger partial charge in [-0.3, -0.25) is 0 Å². The highest BCUT2D eigenvalue weighted by Crippen LogP contribution is 2.37. The molecule has 3 aromatic carbocycles. The monoisotopic (exact) mass is 499 g/mol. The van der Waals surface area contributed by atoms with E-state index in [-0.39, 0.29) is 0 Å². The molecule has 0 heterocycles. The standard InChI is InChI=1S/C26H30BrNO4/c1-18-5-7-20(8-6-18)17-32-26-22(27)13-21(15-25(26)31-4)16-28-12-11-19-9-10-23(29-2)24(14-19)30-3/h5-10,13-15,28H,11-12,16-17H2,1-4H3. The summed E-state index contributed by atoms with van der Waals surface area (Å²) in [6.07, 6.45) is 0.885. The quantitative estimate of drug-likeness (QED) is 0.343. The largest absolute Gasteiger partial charge is 0.493 e. The summed E-state index contributed by atoms with van der Waals surface area (Å²) in [6, 6.07) is 18.4. The second kappa shape index (κ2) is 11.8. The smallest absolute Gasteiger partial charge is 0.175 e. The fourth-order valence-corrected chi connectivity index (χ4v) is 3.96. The Labute approximate surface area is 198 Å². The fourth-order valence-electron chi connectivity index (χ4n) is 3.36. The van der Waals surface area contributed by atoms with Crippen LogP contribution in [0.25, 0.3) is 0 Å². The summed E-state index contributed by atoms with van der Waals surface area (Å²) in [7, 11) is 4.96. The second-order valence-electron chi connectivity index (χ2n) is 7.50. The van der Waals surface area contributed by atoms with Gasteiger partial charge in [-0.25, -0.2) is 0 Å². The van der Waals surface area contributed by atoms with Crippen LogP contribution in [0.4, 0.5) is 0 Å². The first kappa shape index (κ1) is 24.0. The number of nitrogens with one attached hydrogen (secondary N) is 1. The van der Waals surface area contributed by atoms with E-state index in [0.717, 1.165) is 46.6 Å². The molecule has 0 aromatic heterocycles. The van der Waals surface area contributed by atoms with E-state index >= 15 is 0 Å². The molecule has 0 radical (unpaired) electrons. The highest BCUT2D eigenvalue weighted by Gasteiger charge is 2.12. The first-order chi connectivity index (χ1) is 15.5. The molecule has 0 unspecified atom stereocenters. The summed E-state index contributed by atoms with van der Waals surface area (Å²) in [6.45, 7) is 4.12. The van der Waals surface area contributed by atoms with Gasteiger partial charge >= 0.3 is 0 Å². The lowest BCUT2D eigenvalue weighted by molar-refractivity contribution is 0.282. The van der Waals surface area contributed by atoms with Gasteiger partial charge in [0.25, 0.3) is 0 Å². The molecule has 0 fully saturated rings. The van der Waals surface area contributed by atoms with E-state index in [4.69, 9.17) is 18.9 Å². The van der Waals surface area contributed by atoms with Gasteiger partial charge in [-0.15, -0.1) is 0 Å². The van der Waals surface area contributed by atoms with Crippen molar-refractivity contribution in [2.24, 2.45) is 0 Å². The average molecular weight is 500 g/mol. The number of ether oxygens (including phenoxy) is 4. The molecule has 170 valence electrons. The molecule has 0 aliphatic rings. The lowest BCUT2D eigenvalue weighted by Gasteiger charge is -2.15. The summed E-state index contributed by atoms with van der Waals surface area (Å²) in [4.78, 5) is 0. The third-order valence-corrected chi connectivity index (χ3v) is 5.75. The Hall–Kier alpha value is -2.70. The van der Waals surface area contributed by atoms with E-state index in [1.165, 1.54) is 11.1 Å². The number of hydrogen-bond donors (Lipinski definition) is 1. The SMILES string of the molecule is COc1ccc(CCNCc2cc(Br)c(OCc3ccc(C)cc3)c(OC)c2)cc1OC. The van der Waals surface area contributed by atoms with Crippen molar-refractivity contribution >= 4 is 15.9 Å². The van der Waals surface area contributed by atoms with E-state index in [1.807, 2.05) is 18.2 Å². The van der Waals surface area contributed by atoms with Gasteiger partial charge in [0.1, 0.15) is 6.61 Å². The van der Waals surface area contributed by atoms with E-state index < -0.39 is 0 Å². The zero-order valence-corrected chi connectivity index (χ0v) is 20.6. The van der Waals surface area contributed by atoms with Crippen LogP contribution < -0.4 is 24.3 Å². The lowest BCUT2D eigenvalue weighted by atomic mass is 10.1. The molecule has 3 rings (SSSR count). The van der Waals surface area contributed by atoms with Crippen molar-refractivity contribution in [2.45, 2.75) is 26.5 Å². The number of benzene rings is 3. The zero-order valence-electron chi connectivity index (χ0n) is 19.0. The fraction of sp³-hybridized carbons (Fsp3) is 0.308. The van der Waals surface area contributed by atoms with Crippen molar-refractivity contribution in [3.63, 3.8) is 0 Å². The van der Waals surface area contributed by atoms with Gasteiger partial charge in [0.05, 0.1) is 25.8 Å². The van der Waals surface area contributed by atoms with Crippen LogP contribution in [0.1, 0.15) is 22.3 Å².